The standard InChI is InChI=1S/C25H22N4O4/c1-33-25(32)17-7-9-18(10-8-17)27-21(30)14-28-13-20(16-5-3-2-4-6-16)22-23(28)24(31)29(15-26-22)19-11-12-19/h2-10,13,15,19H,11-12,14H2,1H3,(H,27,30). The molecule has 2 heterocycles. The Labute approximate surface area is 189 Å². The van der Waals surface area contributed by atoms with Crippen molar-refractivity contribution in [1.29, 1.82) is 0 Å². The van der Waals surface area contributed by atoms with Crippen molar-refractivity contribution in [3.05, 3.63) is 83.0 Å². The third kappa shape index (κ3) is 4.03. The van der Waals surface area contributed by atoms with E-state index < -0.39 is 5.97 Å². The SMILES string of the molecule is COC(=O)c1ccc(NC(=O)Cn2cc(-c3ccccc3)c3ncn(C4CC4)c(=O)c32)cc1. The first kappa shape index (κ1) is 20.7. The Kier molecular flexibility index (Phi) is 5.26. The van der Waals surface area contributed by atoms with Gasteiger partial charge in [0.25, 0.3) is 5.56 Å². The number of rotatable bonds is 6. The summed E-state index contributed by atoms with van der Waals surface area (Å²) in [4.78, 5) is 42.3. The molecule has 8 nitrogen and oxygen atoms in total. The Morgan fingerprint density at radius 2 is 1.82 bits per heavy atom. The predicted molar refractivity (Wildman–Crippen MR) is 124 cm³/mol. The molecular formula is C25H22N4O4. The van der Waals surface area contributed by atoms with Crippen LogP contribution in [-0.4, -0.2) is 33.1 Å². The summed E-state index contributed by atoms with van der Waals surface area (Å²) >= 11 is 0. The van der Waals surface area contributed by atoms with Gasteiger partial charge in [-0.25, -0.2) is 9.78 Å². The van der Waals surface area contributed by atoms with E-state index in [1.165, 1.54) is 7.11 Å². The summed E-state index contributed by atoms with van der Waals surface area (Å²) in [7, 11) is 1.31. The lowest BCUT2D eigenvalue weighted by Crippen LogP contribution is -2.24. The quantitative estimate of drug-likeness (QED) is 0.460. The third-order valence-electron chi connectivity index (χ3n) is 5.73. The zero-order chi connectivity index (χ0) is 22.9. The fraction of sp³-hybridized carbons (Fsp3) is 0.200. The number of carbonyl (C=O) groups is 2. The number of hydrogen-bond donors (Lipinski definition) is 1. The van der Waals surface area contributed by atoms with Crippen LogP contribution < -0.4 is 10.9 Å². The molecule has 1 fully saturated rings. The van der Waals surface area contributed by atoms with E-state index in [0.717, 1.165) is 24.0 Å². The molecule has 0 spiro atoms. The van der Waals surface area contributed by atoms with E-state index in [-0.39, 0.29) is 24.1 Å². The fourth-order valence-electron chi connectivity index (χ4n) is 3.92. The van der Waals surface area contributed by atoms with Gasteiger partial charge >= 0.3 is 5.97 Å². The largest absolute Gasteiger partial charge is 0.465 e. The molecule has 1 aliphatic carbocycles. The minimum absolute atomic E-state index is 0.0479. The van der Waals surface area contributed by atoms with Gasteiger partial charge in [-0.1, -0.05) is 30.3 Å². The first-order chi connectivity index (χ1) is 16.0. The minimum Gasteiger partial charge on any atom is -0.465 e. The van der Waals surface area contributed by atoms with Crippen LogP contribution in [0.3, 0.4) is 0 Å². The number of hydrogen-bond acceptors (Lipinski definition) is 5. The van der Waals surface area contributed by atoms with Crippen LogP contribution in [0.15, 0.2) is 71.9 Å². The summed E-state index contributed by atoms with van der Waals surface area (Å²) in [6.07, 6.45) is 5.34. The van der Waals surface area contributed by atoms with Crippen molar-refractivity contribution in [3.8, 4) is 11.1 Å². The molecule has 0 atom stereocenters. The highest BCUT2D eigenvalue weighted by molar-refractivity contribution is 5.96. The summed E-state index contributed by atoms with van der Waals surface area (Å²) in [5, 5.41) is 2.82. The molecule has 1 N–H and O–H groups in total. The van der Waals surface area contributed by atoms with Gasteiger partial charge in [0.15, 0.2) is 0 Å². The van der Waals surface area contributed by atoms with Crippen LogP contribution in [0.5, 0.6) is 0 Å². The maximum absolute atomic E-state index is 13.3. The summed E-state index contributed by atoms with van der Waals surface area (Å²) in [6.45, 7) is -0.0479. The second-order valence-corrected chi connectivity index (χ2v) is 8.04. The van der Waals surface area contributed by atoms with Crippen LogP contribution >= 0.6 is 0 Å². The maximum atomic E-state index is 13.3. The molecule has 2 aromatic heterocycles. The van der Waals surface area contributed by atoms with Crippen LogP contribution in [-0.2, 0) is 16.1 Å². The van der Waals surface area contributed by atoms with E-state index in [9.17, 15) is 14.4 Å². The van der Waals surface area contributed by atoms with Gasteiger partial charge in [-0.2, -0.15) is 0 Å². The Hall–Kier alpha value is -4.20. The summed E-state index contributed by atoms with van der Waals surface area (Å²) in [6, 6.07) is 16.3. The molecule has 1 saturated carbocycles. The smallest absolute Gasteiger partial charge is 0.337 e. The first-order valence-electron chi connectivity index (χ1n) is 10.7. The van der Waals surface area contributed by atoms with Gasteiger partial charge in [0.1, 0.15) is 17.6 Å². The van der Waals surface area contributed by atoms with Crippen LogP contribution in [0.4, 0.5) is 5.69 Å². The molecule has 0 unspecified atom stereocenters. The molecule has 4 aromatic rings. The Morgan fingerprint density at radius 3 is 2.48 bits per heavy atom. The highest BCUT2D eigenvalue weighted by atomic mass is 16.5. The minimum atomic E-state index is -0.445. The number of aromatic nitrogens is 3. The lowest BCUT2D eigenvalue weighted by atomic mass is 10.1. The van der Waals surface area contributed by atoms with Gasteiger partial charge in [-0.05, 0) is 42.7 Å². The molecular weight excluding hydrogens is 420 g/mol. The first-order valence-corrected chi connectivity index (χ1v) is 10.7. The van der Waals surface area contributed by atoms with E-state index in [2.05, 4.69) is 10.3 Å². The Balaban J connectivity index is 1.48. The molecule has 0 radical (unpaired) electrons. The number of ether oxygens (including phenoxy) is 1. The number of nitrogens with zero attached hydrogens (tertiary/aromatic N) is 3. The number of methoxy groups -OCH3 is 1. The Morgan fingerprint density at radius 1 is 1.09 bits per heavy atom. The van der Waals surface area contributed by atoms with Crippen molar-refractivity contribution >= 4 is 28.6 Å². The van der Waals surface area contributed by atoms with E-state index in [1.54, 1.807) is 39.7 Å². The number of carbonyl (C=O) groups excluding carboxylic acids is 2. The normalized spacial score (nSPS) is 13.1. The highest BCUT2D eigenvalue weighted by Gasteiger charge is 2.27. The Bertz CT molecular complexity index is 1400. The summed E-state index contributed by atoms with van der Waals surface area (Å²) in [5.74, 6) is -0.738. The second-order valence-electron chi connectivity index (χ2n) is 8.04. The number of anilines is 1. The van der Waals surface area contributed by atoms with Crippen molar-refractivity contribution in [2.45, 2.75) is 25.4 Å². The maximum Gasteiger partial charge on any atom is 0.337 e. The molecule has 33 heavy (non-hydrogen) atoms. The zero-order valence-electron chi connectivity index (χ0n) is 18.0. The highest BCUT2D eigenvalue weighted by Crippen LogP contribution is 2.34. The van der Waals surface area contributed by atoms with Crippen molar-refractivity contribution in [1.82, 2.24) is 14.1 Å². The van der Waals surface area contributed by atoms with Gasteiger partial charge in [0.05, 0.1) is 19.0 Å². The second kappa shape index (κ2) is 8.38. The van der Waals surface area contributed by atoms with Crippen LogP contribution in [0.1, 0.15) is 29.2 Å². The molecule has 8 heteroatoms. The molecule has 0 saturated heterocycles. The molecule has 0 bridgehead atoms. The van der Waals surface area contributed by atoms with Crippen molar-refractivity contribution in [2.24, 2.45) is 0 Å². The molecule has 0 aliphatic heterocycles. The lowest BCUT2D eigenvalue weighted by molar-refractivity contribution is -0.116. The molecule has 1 amide bonds. The van der Waals surface area contributed by atoms with E-state index in [4.69, 9.17) is 4.74 Å². The van der Waals surface area contributed by atoms with E-state index in [0.29, 0.717) is 22.3 Å². The fourth-order valence-corrected chi connectivity index (χ4v) is 3.92. The van der Waals surface area contributed by atoms with Gasteiger partial charge in [0.2, 0.25) is 5.91 Å². The third-order valence-corrected chi connectivity index (χ3v) is 5.73. The number of esters is 1. The average molecular weight is 442 g/mol. The summed E-state index contributed by atoms with van der Waals surface area (Å²) in [5.41, 5.74) is 3.53. The topological polar surface area (TPSA) is 95.2 Å². The van der Waals surface area contributed by atoms with Crippen LogP contribution in [0.2, 0.25) is 0 Å². The van der Waals surface area contributed by atoms with Crippen LogP contribution in [0, 0.1) is 0 Å². The monoisotopic (exact) mass is 442 g/mol. The van der Waals surface area contributed by atoms with Crippen molar-refractivity contribution in [2.75, 3.05) is 12.4 Å². The predicted octanol–water partition coefficient (Wildman–Crippen LogP) is 3.63. The van der Waals surface area contributed by atoms with Gasteiger partial charge in [0, 0.05) is 23.5 Å². The molecule has 5 rings (SSSR count). The number of benzene rings is 2. The molecule has 166 valence electrons. The van der Waals surface area contributed by atoms with Gasteiger partial charge in [-0.15, -0.1) is 0 Å². The van der Waals surface area contributed by atoms with E-state index in [1.807, 2.05) is 36.5 Å². The van der Waals surface area contributed by atoms with Gasteiger partial charge in [-0.3, -0.25) is 14.2 Å². The zero-order valence-corrected chi connectivity index (χ0v) is 18.0. The molecule has 2 aromatic carbocycles. The molecule has 1 aliphatic rings. The van der Waals surface area contributed by atoms with Crippen molar-refractivity contribution < 1.29 is 14.3 Å². The van der Waals surface area contributed by atoms with Crippen LogP contribution in [0.25, 0.3) is 22.2 Å². The summed E-state index contributed by atoms with van der Waals surface area (Å²) < 4.78 is 8.03. The van der Waals surface area contributed by atoms with E-state index >= 15 is 0 Å². The number of nitrogens with one attached hydrogen (secondary N) is 1. The lowest BCUT2D eigenvalue weighted by Gasteiger charge is -2.09. The number of amides is 1. The van der Waals surface area contributed by atoms with Crippen molar-refractivity contribution in [3.63, 3.8) is 0 Å². The number of fused-ring (bicyclic) bond motifs is 1. The average Bonchev–Trinajstić information content (AvgIpc) is 3.61. The van der Waals surface area contributed by atoms with Gasteiger partial charge < -0.3 is 14.6 Å².